The molecule has 0 amide bonds. The minimum atomic E-state index is 0.482. The molecule has 2 N–H and O–H groups in total. The zero-order valence-corrected chi connectivity index (χ0v) is 14.2. The molecule has 0 unspecified atom stereocenters. The lowest BCUT2D eigenvalue weighted by atomic mass is 10.2. The van der Waals surface area contributed by atoms with E-state index in [0.717, 1.165) is 49.1 Å². The maximum absolute atomic E-state index is 5.80. The van der Waals surface area contributed by atoms with Crippen LogP contribution in [-0.2, 0) is 0 Å². The molecule has 7 nitrogen and oxygen atoms in total. The van der Waals surface area contributed by atoms with Crippen molar-refractivity contribution in [1.29, 1.82) is 0 Å². The molecular formula is C18H21N7. The van der Waals surface area contributed by atoms with E-state index >= 15 is 0 Å². The molecule has 0 aromatic carbocycles. The molecule has 3 aromatic rings. The Morgan fingerprint density at radius 3 is 2.52 bits per heavy atom. The predicted molar refractivity (Wildman–Crippen MR) is 98.7 cm³/mol. The van der Waals surface area contributed by atoms with Gasteiger partial charge in [0.1, 0.15) is 17.5 Å². The number of likely N-dealkylation sites (N-methyl/N-ethyl adjacent to an activating group) is 1. The van der Waals surface area contributed by atoms with Crippen molar-refractivity contribution < 1.29 is 0 Å². The number of nitrogens with two attached hydrogens (primary N) is 1. The van der Waals surface area contributed by atoms with Gasteiger partial charge in [0.2, 0.25) is 0 Å². The Balaban J connectivity index is 1.60. The van der Waals surface area contributed by atoms with Gasteiger partial charge in [0.05, 0.1) is 11.9 Å². The minimum absolute atomic E-state index is 0.482. The molecule has 4 heterocycles. The summed E-state index contributed by atoms with van der Waals surface area (Å²) in [4.78, 5) is 17.8. The normalized spacial score (nSPS) is 15.5. The summed E-state index contributed by atoms with van der Waals surface area (Å²) in [5, 5.41) is 0. The molecule has 0 atom stereocenters. The SMILES string of the molecule is CN1CCN(c2ccc(-n3ccnc3-c3ccnc(N)c3)cn2)CC1. The number of nitrogens with zero attached hydrogens (tertiary/aromatic N) is 6. The Labute approximate surface area is 146 Å². The third-order valence-corrected chi connectivity index (χ3v) is 4.52. The van der Waals surface area contributed by atoms with Gasteiger partial charge >= 0.3 is 0 Å². The zero-order chi connectivity index (χ0) is 17.2. The molecule has 128 valence electrons. The van der Waals surface area contributed by atoms with Gasteiger partial charge in [-0.1, -0.05) is 0 Å². The van der Waals surface area contributed by atoms with Gasteiger partial charge in [0.25, 0.3) is 0 Å². The number of rotatable bonds is 3. The van der Waals surface area contributed by atoms with Crippen molar-refractivity contribution in [2.24, 2.45) is 0 Å². The smallest absolute Gasteiger partial charge is 0.144 e. The van der Waals surface area contributed by atoms with Crippen molar-refractivity contribution >= 4 is 11.6 Å². The number of aromatic nitrogens is 4. The van der Waals surface area contributed by atoms with Crippen LogP contribution in [-0.4, -0.2) is 57.6 Å². The first-order valence-corrected chi connectivity index (χ1v) is 8.36. The highest BCUT2D eigenvalue weighted by Crippen LogP contribution is 2.23. The molecule has 7 heteroatoms. The van der Waals surface area contributed by atoms with Gasteiger partial charge in [-0.2, -0.15) is 0 Å². The van der Waals surface area contributed by atoms with Crippen LogP contribution in [0.15, 0.2) is 49.1 Å². The van der Waals surface area contributed by atoms with Crippen molar-refractivity contribution in [3.05, 3.63) is 49.1 Å². The monoisotopic (exact) mass is 335 g/mol. The predicted octanol–water partition coefficient (Wildman–Crippen LogP) is 1.66. The lowest BCUT2D eigenvalue weighted by Crippen LogP contribution is -2.44. The molecule has 25 heavy (non-hydrogen) atoms. The van der Waals surface area contributed by atoms with E-state index in [2.05, 4.69) is 43.9 Å². The van der Waals surface area contributed by atoms with E-state index in [1.165, 1.54) is 0 Å². The van der Waals surface area contributed by atoms with Gasteiger partial charge in [-0.3, -0.25) is 4.57 Å². The maximum atomic E-state index is 5.80. The van der Waals surface area contributed by atoms with Gasteiger partial charge in [-0.25, -0.2) is 15.0 Å². The average molecular weight is 335 g/mol. The highest BCUT2D eigenvalue weighted by Gasteiger charge is 2.15. The van der Waals surface area contributed by atoms with Crippen LogP contribution < -0.4 is 10.6 Å². The Kier molecular flexibility index (Phi) is 4.07. The van der Waals surface area contributed by atoms with E-state index in [1.807, 2.05) is 29.1 Å². The molecule has 0 radical (unpaired) electrons. The molecule has 0 spiro atoms. The number of nitrogen functional groups attached to an aromatic ring is 1. The molecule has 0 aliphatic carbocycles. The first-order valence-electron chi connectivity index (χ1n) is 8.36. The minimum Gasteiger partial charge on any atom is -0.384 e. The fourth-order valence-corrected chi connectivity index (χ4v) is 3.06. The number of hydrogen-bond acceptors (Lipinski definition) is 6. The molecule has 4 rings (SSSR count). The first kappa shape index (κ1) is 15.6. The molecule has 3 aromatic heterocycles. The van der Waals surface area contributed by atoms with Crippen LogP contribution in [0, 0.1) is 0 Å². The summed E-state index contributed by atoms with van der Waals surface area (Å²) in [5.74, 6) is 2.32. The fraction of sp³-hybridized carbons (Fsp3) is 0.278. The van der Waals surface area contributed by atoms with Crippen molar-refractivity contribution in [3.63, 3.8) is 0 Å². The Bertz CT molecular complexity index is 848. The van der Waals surface area contributed by atoms with Crippen LogP contribution >= 0.6 is 0 Å². The fourth-order valence-electron chi connectivity index (χ4n) is 3.06. The molecular weight excluding hydrogens is 314 g/mol. The lowest BCUT2D eigenvalue weighted by molar-refractivity contribution is 0.312. The summed E-state index contributed by atoms with van der Waals surface area (Å²) >= 11 is 0. The van der Waals surface area contributed by atoms with Crippen molar-refractivity contribution in [3.8, 4) is 17.1 Å². The Morgan fingerprint density at radius 1 is 0.960 bits per heavy atom. The summed E-state index contributed by atoms with van der Waals surface area (Å²) in [6.07, 6.45) is 7.29. The number of imidazole rings is 1. The van der Waals surface area contributed by atoms with Gasteiger partial charge in [-0.15, -0.1) is 0 Å². The maximum Gasteiger partial charge on any atom is 0.144 e. The van der Waals surface area contributed by atoms with Crippen molar-refractivity contribution in [2.75, 3.05) is 43.9 Å². The quantitative estimate of drug-likeness (QED) is 0.784. The van der Waals surface area contributed by atoms with E-state index in [-0.39, 0.29) is 0 Å². The topological polar surface area (TPSA) is 76.1 Å². The van der Waals surface area contributed by atoms with Gasteiger partial charge in [-0.05, 0) is 31.3 Å². The molecule has 0 saturated carbocycles. The number of pyridine rings is 2. The summed E-state index contributed by atoms with van der Waals surface area (Å²) in [7, 11) is 2.15. The van der Waals surface area contributed by atoms with Gasteiger partial charge in [0, 0.05) is 50.3 Å². The standard InChI is InChI=1S/C18H21N7/c1-23-8-10-24(11-9-23)17-3-2-15(13-22-17)25-7-6-21-18(25)14-4-5-20-16(19)12-14/h2-7,12-13H,8-11H2,1H3,(H2,19,20). The van der Waals surface area contributed by atoms with Crippen molar-refractivity contribution in [2.45, 2.75) is 0 Å². The van der Waals surface area contributed by atoms with E-state index in [0.29, 0.717) is 5.82 Å². The van der Waals surface area contributed by atoms with E-state index in [1.54, 1.807) is 12.4 Å². The van der Waals surface area contributed by atoms with Crippen LogP contribution in [0.5, 0.6) is 0 Å². The third-order valence-electron chi connectivity index (χ3n) is 4.52. The Hall–Kier alpha value is -2.93. The largest absolute Gasteiger partial charge is 0.384 e. The summed E-state index contributed by atoms with van der Waals surface area (Å²) in [5.41, 5.74) is 7.70. The third kappa shape index (κ3) is 3.18. The number of piperazine rings is 1. The van der Waals surface area contributed by atoms with E-state index < -0.39 is 0 Å². The first-order chi connectivity index (χ1) is 12.2. The zero-order valence-electron chi connectivity index (χ0n) is 14.2. The molecule has 0 bridgehead atoms. The Morgan fingerprint density at radius 2 is 1.80 bits per heavy atom. The molecule has 1 saturated heterocycles. The van der Waals surface area contributed by atoms with Crippen LogP contribution in [0.4, 0.5) is 11.6 Å². The number of hydrogen-bond donors (Lipinski definition) is 1. The van der Waals surface area contributed by atoms with Crippen LogP contribution in [0.1, 0.15) is 0 Å². The second kappa shape index (κ2) is 6.52. The van der Waals surface area contributed by atoms with Gasteiger partial charge in [0.15, 0.2) is 0 Å². The highest BCUT2D eigenvalue weighted by molar-refractivity contribution is 5.61. The second-order valence-electron chi connectivity index (χ2n) is 6.26. The van der Waals surface area contributed by atoms with Crippen LogP contribution in [0.25, 0.3) is 17.1 Å². The highest BCUT2D eigenvalue weighted by atomic mass is 15.3. The summed E-state index contributed by atoms with van der Waals surface area (Å²) < 4.78 is 2.01. The van der Waals surface area contributed by atoms with Crippen molar-refractivity contribution in [1.82, 2.24) is 24.4 Å². The lowest BCUT2D eigenvalue weighted by Gasteiger charge is -2.33. The van der Waals surface area contributed by atoms with Crippen LogP contribution in [0.2, 0.25) is 0 Å². The summed E-state index contributed by atoms with van der Waals surface area (Å²) in [6, 6.07) is 7.88. The van der Waals surface area contributed by atoms with Gasteiger partial charge < -0.3 is 15.5 Å². The second-order valence-corrected chi connectivity index (χ2v) is 6.26. The molecule has 1 fully saturated rings. The molecule has 1 aliphatic heterocycles. The average Bonchev–Trinajstić information content (AvgIpc) is 3.12. The van der Waals surface area contributed by atoms with E-state index in [9.17, 15) is 0 Å². The number of anilines is 2. The molecule has 1 aliphatic rings. The van der Waals surface area contributed by atoms with Crippen LogP contribution in [0.3, 0.4) is 0 Å². The van der Waals surface area contributed by atoms with E-state index in [4.69, 9.17) is 5.73 Å². The summed E-state index contributed by atoms with van der Waals surface area (Å²) in [6.45, 7) is 4.15.